The van der Waals surface area contributed by atoms with Crippen LogP contribution < -0.4 is 4.74 Å². The monoisotopic (exact) mass is 422 g/mol. The Balaban J connectivity index is 1.77. The fourth-order valence-electron chi connectivity index (χ4n) is 3.20. The van der Waals surface area contributed by atoms with Gasteiger partial charge in [0, 0.05) is 36.8 Å². The average Bonchev–Trinajstić information content (AvgIpc) is 2.69. The third kappa shape index (κ3) is 4.01. The van der Waals surface area contributed by atoms with E-state index in [1.165, 1.54) is 11.4 Å². The number of nitrogens with zero attached hydrogens (tertiary/aromatic N) is 2. The van der Waals surface area contributed by atoms with Gasteiger partial charge in [0.2, 0.25) is 10.0 Å². The van der Waals surface area contributed by atoms with Gasteiger partial charge >= 0.3 is 0 Å². The predicted octanol–water partition coefficient (Wildman–Crippen LogP) is 3.11. The van der Waals surface area contributed by atoms with E-state index in [1.54, 1.807) is 41.3 Å². The van der Waals surface area contributed by atoms with Gasteiger partial charge in [0.05, 0.1) is 7.11 Å². The number of aryl methyl sites for hydroxylation is 2. The van der Waals surface area contributed by atoms with Crippen LogP contribution in [0.2, 0.25) is 5.02 Å². The molecule has 1 amide bonds. The topological polar surface area (TPSA) is 66.9 Å². The van der Waals surface area contributed by atoms with Crippen molar-refractivity contribution in [3.05, 3.63) is 58.1 Å². The molecular weight excluding hydrogens is 400 g/mol. The molecule has 2 aromatic carbocycles. The molecule has 3 rings (SSSR count). The first-order valence-corrected chi connectivity index (χ1v) is 10.8. The molecule has 0 unspecified atom stereocenters. The highest BCUT2D eigenvalue weighted by molar-refractivity contribution is 7.89. The van der Waals surface area contributed by atoms with Crippen LogP contribution in [0.15, 0.2) is 41.3 Å². The van der Waals surface area contributed by atoms with E-state index in [4.69, 9.17) is 16.3 Å². The van der Waals surface area contributed by atoms with E-state index in [9.17, 15) is 13.2 Å². The van der Waals surface area contributed by atoms with Crippen molar-refractivity contribution in [1.82, 2.24) is 9.21 Å². The molecule has 2 aromatic rings. The third-order valence-electron chi connectivity index (χ3n) is 5.00. The Kier molecular flexibility index (Phi) is 5.98. The minimum Gasteiger partial charge on any atom is -0.495 e. The first-order valence-electron chi connectivity index (χ1n) is 8.94. The molecule has 1 aliphatic rings. The van der Waals surface area contributed by atoms with E-state index >= 15 is 0 Å². The average molecular weight is 423 g/mol. The molecule has 150 valence electrons. The predicted molar refractivity (Wildman–Crippen MR) is 109 cm³/mol. The van der Waals surface area contributed by atoms with Crippen molar-refractivity contribution in [1.29, 1.82) is 0 Å². The van der Waals surface area contributed by atoms with Crippen LogP contribution in [-0.4, -0.2) is 56.8 Å². The molecule has 28 heavy (non-hydrogen) atoms. The third-order valence-corrected chi connectivity index (χ3v) is 7.15. The number of sulfonamides is 1. The molecule has 8 heteroatoms. The Labute approximate surface area is 170 Å². The Morgan fingerprint density at radius 1 is 1.04 bits per heavy atom. The first-order chi connectivity index (χ1) is 13.2. The molecule has 6 nitrogen and oxygen atoms in total. The van der Waals surface area contributed by atoms with Gasteiger partial charge in [0.25, 0.3) is 5.91 Å². The lowest BCUT2D eigenvalue weighted by Gasteiger charge is -2.34. The maximum absolute atomic E-state index is 13.1. The zero-order chi connectivity index (χ0) is 20.5. The summed E-state index contributed by atoms with van der Waals surface area (Å²) in [7, 11) is -2.25. The highest BCUT2D eigenvalue weighted by Gasteiger charge is 2.32. The molecule has 0 radical (unpaired) electrons. The molecule has 1 heterocycles. The lowest BCUT2D eigenvalue weighted by Crippen LogP contribution is -2.50. The molecule has 1 fully saturated rings. The van der Waals surface area contributed by atoms with Crippen LogP contribution in [0.5, 0.6) is 5.75 Å². The van der Waals surface area contributed by atoms with Gasteiger partial charge < -0.3 is 9.64 Å². The molecular formula is C20H23ClN2O4S. The van der Waals surface area contributed by atoms with Crippen molar-refractivity contribution in [3.8, 4) is 5.75 Å². The zero-order valence-electron chi connectivity index (χ0n) is 16.1. The maximum Gasteiger partial charge on any atom is 0.253 e. The first kappa shape index (κ1) is 20.6. The molecule has 0 N–H and O–H groups in total. The van der Waals surface area contributed by atoms with Crippen molar-refractivity contribution in [2.75, 3.05) is 33.3 Å². The summed E-state index contributed by atoms with van der Waals surface area (Å²) >= 11 is 5.96. The zero-order valence-corrected chi connectivity index (χ0v) is 17.7. The van der Waals surface area contributed by atoms with Crippen LogP contribution in [0.1, 0.15) is 21.5 Å². The lowest BCUT2D eigenvalue weighted by atomic mass is 10.1. The van der Waals surface area contributed by atoms with Crippen molar-refractivity contribution < 1.29 is 17.9 Å². The van der Waals surface area contributed by atoms with E-state index in [-0.39, 0.29) is 23.9 Å². The maximum atomic E-state index is 13.1. The largest absolute Gasteiger partial charge is 0.495 e. The van der Waals surface area contributed by atoms with Gasteiger partial charge in [0.1, 0.15) is 10.6 Å². The summed E-state index contributed by atoms with van der Waals surface area (Å²) in [4.78, 5) is 14.4. The molecule has 0 atom stereocenters. The highest BCUT2D eigenvalue weighted by atomic mass is 35.5. The van der Waals surface area contributed by atoms with Gasteiger partial charge in [-0.2, -0.15) is 4.31 Å². The van der Waals surface area contributed by atoms with Crippen molar-refractivity contribution in [2.45, 2.75) is 18.7 Å². The minimum absolute atomic E-state index is 0.150. The van der Waals surface area contributed by atoms with Gasteiger partial charge in [-0.15, -0.1) is 0 Å². The number of benzene rings is 2. The van der Waals surface area contributed by atoms with E-state index in [0.29, 0.717) is 29.4 Å². The van der Waals surface area contributed by atoms with E-state index in [1.807, 2.05) is 13.8 Å². The van der Waals surface area contributed by atoms with Crippen LogP contribution >= 0.6 is 11.6 Å². The Morgan fingerprint density at radius 3 is 2.29 bits per heavy atom. The van der Waals surface area contributed by atoms with Crippen LogP contribution in [0.25, 0.3) is 0 Å². The summed E-state index contributed by atoms with van der Waals surface area (Å²) in [6.07, 6.45) is 0. The number of amides is 1. The molecule has 0 aliphatic carbocycles. The summed E-state index contributed by atoms with van der Waals surface area (Å²) in [5.41, 5.74) is 2.35. The summed E-state index contributed by atoms with van der Waals surface area (Å²) < 4.78 is 33.0. The lowest BCUT2D eigenvalue weighted by molar-refractivity contribution is 0.0698. The van der Waals surface area contributed by atoms with Gasteiger partial charge in [0.15, 0.2) is 0 Å². The fourth-order valence-corrected chi connectivity index (χ4v) is 5.03. The Bertz CT molecular complexity index is 999. The second-order valence-electron chi connectivity index (χ2n) is 6.79. The number of ether oxygens (including phenoxy) is 1. The van der Waals surface area contributed by atoms with Crippen LogP contribution in [0.3, 0.4) is 0 Å². The van der Waals surface area contributed by atoms with E-state index < -0.39 is 10.0 Å². The van der Waals surface area contributed by atoms with Gasteiger partial charge in [-0.05, 0) is 55.3 Å². The molecule has 0 spiro atoms. The van der Waals surface area contributed by atoms with Crippen molar-refractivity contribution >= 4 is 27.5 Å². The van der Waals surface area contributed by atoms with Crippen LogP contribution in [0.4, 0.5) is 0 Å². The van der Waals surface area contributed by atoms with Gasteiger partial charge in [-0.1, -0.05) is 17.7 Å². The number of hydrogen-bond donors (Lipinski definition) is 0. The number of rotatable bonds is 4. The number of halogens is 1. The van der Waals surface area contributed by atoms with Crippen molar-refractivity contribution in [2.24, 2.45) is 0 Å². The normalized spacial score (nSPS) is 15.5. The molecule has 0 bridgehead atoms. The highest BCUT2D eigenvalue weighted by Crippen LogP contribution is 2.30. The summed E-state index contributed by atoms with van der Waals surface area (Å²) in [5, 5.41) is 0.494. The molecule has 1 saturated heterocycles. The van der Waals surface area contributed by atoms with Gasteiger partial charge in [-0.3, -0.25) is 4.79 Å². The summed E-state index contributed by atoms with van der Waals surface area (Å²) in [6.45, 7) is 4.87. The SMILES string of the molecule is COc1cc(C)c(C)cc1S(=O)(=O)N1CCN(C(=O)c2cccc(Cl)c2)CC1. The van der Waals surface area contributed by atoms with Crippen molar-refractivity contribution in [3.63, 3.8) is 0 Å². The standard InChI is InChI=1S/C20H23ClN2O4S/c1-14-11-18(27-3)19(12-15(14)2)28(25,26)23-9-7-22(8-10-23)20(24)16-5-4-6-17(21)13-16/h4-6,11-13H,7-10H2,1-3H3. The number of carbonyl (C=O) groups excluding carboxylic acids is 1. The van der Waals surface area contributed by atoms with Gasteiger partial charge in [-0.25, -0.2) is 8.42 Å². The number of piperazine rings is 1. The van der Waals surface area contributed by atoms with Crippen LogP contribution in [0, 0.1) is 13.8 Å². The number of hydrogen-bond acceptors (Lipinski definition) is 4. The molecule has 0 aromatic heterocycles. The summed E-state index contributed by atoms with van der Waals surface area (Å²) in [5.74, 6) is 0.184. The number of carbonyl (C=O) groups is 1. The fraction of sp³-hybridized carbons (Fsp3) is 0.350. The summed E-state index contributed by atoms with van der Waals surface area (Å²) in [6, 6.07) is 10.1. The molecule has 1 aliphatic heterocycles. The Morgan fingerprint density at radius 2 is 1.68 bits per heavy atom. The smallest absolute Gasteiger partial charge is 0.253 e. The second-order valence-corrected chi connectivity index (χ2v) is 9.14. The molecule has 0 saturated carbocycles. The Hall–Kier alpha value is -2.09. The quantitative estimate of drug-likeness (QED) is 0.759. The second kappa shape index (κ2) is 8.11. The van der Waals surface area contributed by atoms with Crippen LogP contribution in [-0.2, 0) is 10.0 Å². The van der Waals surface area contributed by atoms with E-state index in [0.717, 1.165) is 11.1 Å². The minimum atomic E-state index is -3.72. The number of methoxy groups -OCH3 is 1. The van der Waals surface area contributed by atoms with E-state index in [2.05, 4.69) is 0 Å².